The third kappa shape index (κ3) is 4.43. The summed E-state index contributed by atoms with van der Waals surface area (Å²) in [4.78, 5) is 21.7. The Kier molecular flexibility index (Phi) is 5.60. The molecule has 0 spiro atoms. The minimum atomic E-state index is -0.0839. The Balaban J connectivity index is 1.79. The molecule has 0 atom stereocenters. The first-order valence-electron chi connectivity index (χ1n) is 10.8. The van der Waals surface area contributed by atoms with Gasteiger partial charge < -0.3 is 21.4 Å². The third-order valence-corrected chi connectivity index (χ3v) is 5.47. The van der Waals surface area contributed by atoms with Gasteiger partial charge in [-0.05, 0) is 41.7 Å². The van der Waals surface area contributed by atoms with E-state index >= 15 is 0 Å². The van der Waals surface area contributed by atoms with Crippen LogP contribution < -0.4 is 16.8 Å². The fourth-order valence-corrected chi connectivity index (χ4v) is 3.94. The average molecular weight is 431 g/mol. The van der Waals surface area contributed by atoms with Crippen LogP contribution in [0.1, 0.15) is 44.1 Å². The maximum Gasteiger partial charge on any atom is 0.224 e. The van der Waals surface area contributed by atoms with Crippen molar-refractivity contribution in [2.75, 3.05) is 11.1 Å². The van der Waals surface area contributed by atoms with Gasteiger partial charge in [0.25, 0.3) is 0 Å². The van der Waals surface area contributed by atoms with Crippen molar-refractivity contribution in [3.63, 3.8) is 0 Å². The van der Waals surface area contributed by atoms with Gasteiger partial charge >= 0.3 is 0 Å². The summed E-state index contributed by atoms with van der Waals surface area (Å²) in [7, 11) is 0. The monoisotopic (exact) mass is 430 g/mol. The number of nitrogens with two attached hydrogens (primary N) is 2. The number of imidazole rings is 1. The summed E-state index contributed by atoms with van der Waals surface area (Å²) >= 11 is 0. The number of nitrogen functional groups attached to an aromatic ring is 1. The van der Waals surface area contributed by atoms with Crippen LogP contribution in [-0.4, -0.2) is 20.4 Å². The lowest BCUT2D eigenvalue weighted by molar-refractivity contribution is -0.117. The van der Waals surface area contributed by atoms with E-state index in [9.17, 15) is 4.79 Å². The summed E-state index contributed by atoms with van der Waals surface area (Å²) < 4.78 is 2.15. The molecule has 0 bridgehead atoms. The summed E-state index contributed by atoms with van der Waals surface area (Å²) in [6.07, 6.45) is 0.441. The number of hydrogen-bond donors (Lipinski definition) is 3. The lowest BCUT2D eigenvalue weighted by Crippen LogP contribution is -2.19. The molecular weight excluding hydrogens is 400 g/mol. The number of carbonyl (C=O) groups is 1. The molecule has 0 aliphatic heterocycles. The zero-order chi connectivity index (χ0) is 23.0. The molecule has 5 N–H and O–H groups in total. The number of hydrogen-bond acceptors (Lipinski definition) is 5. The Morgan fingerprint density at radius 2 is 1.75 bits per heavy atom. The van der Waals surface area contributed by atoms with E-state index in [2.05, 4.69) is 27.0 Å². The molecule has 0 saturated heterocycles. The van der Waals surface area contributed by atoms with Gasteiger partial charge in [-0.1, -0.05) is 45.0 Å². The van der Waals surface area contributed by atoms with E-state index < -0.39 is 0 Å². The Morgan fingerprint density at radius 1 is 1.06 bits per heavy atom. The smallest absolute Gasteiger partial charge is 0.224 e. The minimum Gasteiger partial charge on any atom is -0.382 e. The average Bonchev–Trinajstić information content (AvgIpc) is 3.05. The quantitative estimate of drug-likeness (QED) is 0.436. The Morgan fingerprint density at radius 3 is 2.41 bits per heavy atom. The van der Waals surface area contributed by atoms with E-state index in [-0.39, 0.29) is 11.3 Å². The molecule has 2 aromatic carbocycles. The first-order chi connectivity index (χ1) is 15.1. The van der Waals surface area contributed by atoms with Crippen LogP contribution in [0.25, 0.3) is 21.9 Å². The largest absolute Gasteiger partial charge is 0.382 e. The van der Waals surface area contributed by atoms with E-state index in [1.54, 1.807) is 0 Å². The Labute approximate surface area is 187 Å². The molecule has 0 fully saturated rings. The topological polar surface area (TPSA) is 112 Å². The molecule has 7 nitrogen and oxygen atoms in total. The molecule has 0 radical (unpaired) electrons. The minimum absolute atomic E-state index is 0.0128. The van der Waals surface area contributed by atoms with E-state index in [1.165, 1.54) is 0 Å². The maximum absolute atomic E-state index is 12.5. The van der Waals surface area contributed by atoms with Crippen LogP contribution in [0.5, 0.6) is 0 Å². The van der Waals surface area contributed by atoms with Crippen molar-refractivity contribution < 1.29 is 4.79 Å². The van der Waals surface area contributed by atoms with E-state index in [0.717, 1.165) is 39.1 Å². The molecule has 7 heteroatoms. The van der Waals surface area contributed by atoms with Crippen LogP contribution in [0, 0.1) is 12.3 Å². The molecule has 2 heterocycles. The van der Waals surface area contributed by atoms with Gasteiger partial charge in [-0.15, -0.1) is 0 Å². The first-order valence-corrected chi connectivity index (χ1v) is 10.8. The number of rotatable bonds is 5. The highest BCUT2D eigenvalue weighted by molar-refractivity contribution is 6.08. The van der Waals surface area contributed by atoms with Crippen molar-refractivity contribution in [1.29, 1.82) is 0 Å². The van der Waals surface area contributed by atoms with E-state index in [0.29, 0.717) is 30.8 Å². The summed E-state index contributed by atoms with van der Waals surface area (Å²) in [6, 6.07) is 14.0. The molecule has 0 unspecified atom stereocenters. The standard InChI is InChI=1S/C25H30N6O/c1-15-28-22-23(31(15)14-17-7-5-16(13-26)6-8-17)19-11-18(9-10-20(19)30-24(22)27)29-21(32)12-25(2,3)4/h5-11H,12-14,26H2,1-4H3,(H2,27,30)(H,29,32). The number of aryl methyl sites for hydroxylation is 1. The van der Waals surface area contributed by atoms with Gasteiger partial charge in [-0.25, -0.2) is 9.97 Å². The number of benzene rings is 2. The summed E-state index contributed by atoms with van der Waals surface area (Å²) in [5, 5.41) is 3.92. The normalized spacial score (nSPS) is 11.9. The number of pyridine rings is 1. The lowest BCUT2D eigenvalue weighted by atomic mass is 9.92. The number of anilines is 2. The van der Waals surface area contributed by atoms with Crippen LogP contribution >= 0.6 is 0 Å². The van der Waals surface area contributed by atoms with Gasteiger partial charge in [0, 0.05) is 30.6 Å². The van der Waals surface area contributed by atoms with Gasteiger partial charge in [0.15, 0.2) is 5.82 Å². The number of fused-ring (bicyclic) bond motifs is 3. The van der Waals surface area contributed by atoms with E-state index in [4.69, 9.17) is 16.5 Å². The Hall–Kier alpha value is -3.45. The fourth-order valence-electron chi connectivity index (χ4n) is 3.94. The number of carbonyl (C=O) groups excluding carboxylic acids is 1. The van der Waals surface area contributed by atoms with Crippen LogP contribution in [0.2, 0.25) is 0 Å². The second-order valence-corrected chi connectivity index (χ2v) is 9.48. The molecule has 0 aliphatic rings. The Bertz CT molecular complexity index is 1300. The second-order valence-electron chi connectivity index (χ2n) is 9.48. The molecule has 32 heavy (non-hydrogen) atoms. The van der Waals surface area contributed by atoms with Crippen molar-refractivity contribution in [2.45, 2.75) is 47.2 Å². The lowest BCUT2D eigenvalue weighted by Gasteiger charge is -2.17. The highest BCUT2D eigenvalue weighted by atomic mass is 16.1. The molecule has 4 aromatic rings. The molecule has 0 saturated carbocycles. The van der Waals surface area contributed by atoms with Crippen molar-refractivity contribution in [3.05, 3.63) is 59.4 Å². The second kappa shape index (κ2) is 8.24. The van der Waals surface area contributed by atoms with Crippen molar-refractivity contribution in [3.8, 4) is 0 Å². The molecule has 4 rings (SSSR count). The van der Waals surface area contributed by atoms with Crippen LogP contribution in [0.3, 0.4) is 0 Å². The van der Waals surface area contributed by atoms with Crippen molar-refractivity contribution >= 4 is 39.3 Å². The van der Waals surface area contributed by atoms with Crippen molar-refractivity contribution in [2.24, 2.45) is 11.1 Å². The fraction of sp³-hybridized carbons (Fsp3) is 0.320. The summed E-state index contributed by atoms with van der Waals surface area (Å²) in [6.45, 7) is 9.27. The molecule has 166 valence electrons. The summed E-state index contributed by atoms with van der Waals surface area (Å²) in [5.74, 6) is 1.24. The number of aromatic nitrogens is 3. The molecule has 2 aromatic heterocycles. The SMILES string of the molecule is Cc1nc2c(N)nc3ccc(NC(=O)CC(C)(C)C)cc3c2n1Cc1ccc(CN)cc1. The summed E-state index contributed by atoms with van der Waals surface area (Å²) in [5.41, 5.74) is 17.2. The molecule has 0 aliphatic carbocycles. The van der Waals surface area contributed by atoms with Gasteiger partial charge in [0.2, 0.25) is 5.91 Å². The zero-order valence-corrected chi connectivity index (χ0v) is 19.1. The highest BCUT2D eigenvalue weighted by Crippen LogP contribution is 2.31. The van der Waals surface area contributed by atoms with Crippen LogP contribution in [0.15, 0.2) is 42.5 Å². The number of nitrogens with one attached hydrogen (secondary N) is 1. The first kappa shape index (κ1) is 21.8. The van der Waals surface area contributed by atoms with Gasteiger partial charge in [-0.3, -0.25) is 4.79 Å². The maximum atomic E-state index is 12.5. The van der Waals surface area contributed by atoms with E-state index in [1.807, 2.05) is 58.0 Å². The van der Waals surface area contributed by atoms with Gasteiger partial charge in [-0.2, -0.15) is 0 Å². The van der Waals surface area contributed by atoms with Crippen LogP contribution in [-0.2, 0) is 17.9 Å². The predicted octanol–water partition coefficient (Wildman–Crippen LogP) is 4.36. The number of amides is 1. The molecule has 1 amide bonds. The van der Waals surface area contributed by atoms with Gasteiger partial charge in [0.1, 0.15) is 11.3 Å². The number of nitrogens with zero attached hydrogens (tertiary/aromatic N) is 3. The third-order valence-electron chi connectivity index (χ3n) is 5.47. The highest BCUT2D eigenvalue weighted by Gasteiger charge is 2.18. The van der Waals surface area contributed by atoms with Crippen molar-refractivity contribution in [1.82, 2.24) is 14.5 Å². The zero-order valence-electron chi connectivity index (χ0n) is 19.1. The molecular formula is C25H30N6O. The van der Waals surface area contributed by atoms with Crippen LogP contribution in [0.4, 0.5) is 11.5 Å². The predicted molar refractivity (Wildman–Crippen MR) is 130 cm³/mol. The van der Waals surface area contributed by atoms with Gasteiger partial charge in [0.05, 0.1) is 11.0 Å².